The monoisotopic (exact) mass is 251 g/mol. The van der Waals surface area contributed by atoms with Gasteiger partial charge in [0.1, 0.15) is 6.61 Å². The van der Waals surface area contributed by atoms with Crippen molar-refractivity contribution in [1.29, 1.82) is 0 Å². The van der Waals surface area contributed by atoms with Crippen molar-refractivity contribution in [1.82, 2.24) is 5.32 Å². The van der Waals surface area contributed by atoms with E-state index in [4.69, 9.17) is 9.84 Å². The molecule has 4 nitrogen and oxygen atoms in total. The first-order chi connectivity index (χ1) is 8.53. The van der Waals surface area contributed by atoms with Crippen molar-refractivity contribution in [2.45, 2.75) is 32.4 Å². The molecule has 0 unspecified atom stereocenters. The van der Waals surface area contributed by atoms with Gasteiger partial charge in [0.15, 0.2) is 0 Å². The van der Waals surface area contributed by atoms with Gasteiger partial charge in [0.05, 0.1) is 6.61 Å². The van der Waals surface area contributed by atoms with Crippen LogP contribution in [-0.4, -0.2) is 29.8 Å². The summed E-state index contributed by atoms with van der Waals surface area (Å²) in [6.07, 6.45) is 0.525. The minimum Gasteiger partial charge on any atom is -0.396 e. The molecule has 2 N–H and O–H groups in total. The van der Waals surface area contributed by atoms with E-state index in [0.29, 0.717) is 13.0 Å². The molecule has 1 aromatic rings. The standard InChI is InChI=1S/C14H21NO3/c1-14(2,8-9-16)15-13(17)11-18-10-12-6-4-3-5-7-12/h3-7,16H,8-11H2,1-2H3,(H,15,17). The number of carbonyl (C=O) groups excluding carboxylic acids is 1. The van der Waals surface area contributed by atoms with Gasteiger partial charge in [0.2, 0.25) is 5.91 Å². The van der Waals surface area contributed by atoms with Crippen molar-refractivity contribution >= 4 is 5.91 Å². The van der Waals surface area contributed by atoms with Crippen molar-refractivity contribution in [3.63, 3.8) is 0 Å². The van der Waals surface area contributed by atoms with Gasteiger partial charge in [-0.15, -0.1) is 0 Å². The first-order valence-electron chi connectivity index (χ1n) is 6.07. The second kappa shape index (κ2) is 7.13. The van der Waals surface area contributed by atoms with E-state index in [2.05, 4.69) is 5.32 Å². The molecule has 100 valence electrons. The van der Waals surface area contributed by atoms with Gasteiger partial charge in [-0.3, -0.25) is 4.79 Å². The Morgan fingerprint density at radius 2 is 2.00 bits per heavy atom. The number of ether oxygens (including phenoxy) is 1. The molecule has 0 aliphatic heterocycles. The molecule has 0 fully saturated rings. The Balaban J connectivity index is 2.25. The van der Waals surface area contributed by atoms with Crippen LogP contribution in [0.5, 0.6) is 0 Å². The molecule has 18 heavy (non-hydrogen) atoms. The maximum absolute atomic E-state index is 11.6. The van der Waals surface area contributed by atoms with Gasteiger partial charge >= 0.3 is 0 Å². The summed E-state index contributed by atoms with van der Waals surface area (Å²) in [5.74, 6) is -0.163. The molecular formula is C14H21NO3. The molecule has 0 spiro atoms. The van der Waals surface area contributed by atoms with Crippen LogP contribution in [0.4, 0.5) is 0 Å². The van der Waals surface area contributed by atoms with Gasteiger partial charge in [-0.1, -0.05) is 30.3 Å². The Labute approximate surface area is 108 Å². The number of hydrogen-bond donors (Lipinski definition) is 2. The van der Waals surface area contributed by atoms with Gasteiger partial charge in [-0.05, 0) is 25.8 Å². The first kappa shape index (κ1) is 14.7. The van der Waals surface area contributed by atoms with Crippen LogP contribution in [0.1, 0.15) is 25.8 Å². The highest BCUT2D eigenvalue weighted by Crippen LogP contribution is 2.07. The summed E-state index contributed by atoms with van der Waals surface area (Å²) in [5, 5.41) is 11.7. The third kappa shape index (κ3) is 5.80. The molecule has 0 aliphatic carbocycles. The quantitative estimate of drug-likeness (QED) is 0.771. The molecule has 1 rings (SSSR count). The van der Waals surface area contributed by atoms with Crippen LogP contribution >= 0.6 is 0 Å². The van der Waals surface area contributed by atoms with Crippen molar-refractivity contribution in [3.05, 3.63) is 35.9 Å². The Kier molecular flexibility index (Phi) is 5.82. The number of hydrogen-bond acceptors (Lipinski definition) is 3. The number of aliphatic hydroxyl groups is 1. The number of aliphatic hydroxyl groups excluding tert-OH is 1. The fourth-order valence-electron chi connectivity index (χ4n) is 1.59. The smallest absolute Gasteiger partial charge is 0.246 e. The molecule has 0 aromatic heterocycles. The van der Waals surface area contributed by atoms with Crippen molar-refractivity contribution in [2.75, 3.05) is 13.2 Å². The summed E-state index contributed by atoms with van der Waals surface area (Å²) >= 11 is 0. The summed E-state index contributed by atoms with van der Waals surface area (Å²) in [6, 6.07) is 9.71. The van der Waals surface area contributed by atoms with E-state index in [0.717, 1.165) is 5.56 Å². The topological polar surface area (TPSA) is 58.6 Å². The number of carbonyl (C=O) groups is 1. The molecule has 0 saturated heterocycles. The van der Waals surface area contributed by atoms with Crippen molar-refractivity contribution in [2.24, 2.45) is 0 Å². The predicted molar refractivity (Wildman–Crippen MR) is 70.0 cm³/mol. The maximum Gasteiger partial charge on any atom is 0.246 e. The molecule has 0 aliphatic rings. The molecule has 0 radical (unpaired) electrons. The fourth-order valence-corrected chi connectivity index (χ4v) is 1.59. The van der Waals surface area contributed by atoms with Crippen LogP contribution in [0.15, 0.2) is 30.3 Å². The molecule has 0 bridgehead atoms. The minimum atomic E-state index is -0.401. The van der Waals surface area contributed by atoms with Crippen molar-refractivity contribution < 1.29 is 14.6 Å². The Hall–Kier alpha value is -1.39. The molecule has 0 heterocycles. The Morgan fingerprint density at radius 3 is 2.61 bits per heavy atom. The van der Waals surface area contributed by atoms with E-state index in [1.54, 1.807) is 0 Å². The second-order valence-electron chi connectivity index (χ2n) is 4.88. The second-order valence-corrected chi connectivity index (χ2v) is 4.88. The minimum absolute atomic E-state index is 0.0315. The lowest BCUT2D eigenvalue weighted by Gasteiger charge is -2.25. The number of amides is 1. The highest BCUT2D eigenvalue weighted by molar-refractivity contribution is 5.77. The average molecular weight is 251 g/mol. The number of rotatable bonds is 7. The zero-order chi connectivity index (χ0) is 13.4. The van der Waals surface area contributed by atoms with Crippen LogP contribution in [-0.2, 0) is 16.1 Å². The van der Waals surface area contributed by atoms with Gasteiger partial charge in [-0.25, -0.2) is 0 Å². The highest BCUT2D eigenvalue weighted by atomic mass is 16.5. The lowest BCUT2D eigenvalue weighted by molar-refractivity contribution is -0.127. The van der Waals surface area contributed by atoms with E-state index in [9.17, 15) is 4.79 Å². The van der Waals surface area contributed by atoms with Gasteiger partial charge in [0.25, 0.3) is 0 Å². The molecule has 0 atom stereocenters. The molecule has 0 saturated carbocycles. The maximum atomic E-state index is 11.6. The number of benzene rings is 1. The number of nitrogens with one attached hydrogen (secondary N) is 1. The highest BCUT2D eigenvalue weighted by Gasteiger charge is 2.19. The van der Waals surface area contributed by atoms with E-state index in [1.807, 2.05) is 44.2 Å². The average Bonchev–Trinajstić information content (AvgIpc) is 2.29. The largest absolute Gasteiger partial charge is 0.396 e. The summed E-state index contributed by atoms with van der Waals surface area (Å²) in [5.41, 5.74) is 0.641. The summed E-state index contributed by atoms with van der Waals surface area (Å²) in [7, 11) is 0. The van der Waals surface area contributed by atoms with E-state index < -0.39 is 5.54 Å². The summed E-state index contributed by atoms with van der Waals surface area (Å²) in [4.78, 5) is 11.6. The van der Waals surface area contributed by atoms with Crippen LogP contribution in [0.2, 0.25) is 0 Å². The Bertz CT molecular complexity index is 363. The van der Waals surface area contributed by atoms with Gasteiger partial charge < -0.3 is 15.2 Å². The van der Waals surface area contributed by atoms with Crippen LogP contribution in [0.3, 0.4) is 0 Å². The van der Waals surface area contributed by atoms with Crippen molar-refractivity contribution in [3.8, 4) is 0 Å². The van der Waals surface area contributed by atoms with E-state index in [1.165, 1.54) is 0 Å². The lowest BCUT2D eigenvalue weighted by Crippen LogP contribution is -2.45. The third-order valence-corrected chi connectivity index (χ3v) is 2.56. The zero-order valence-corrected chi connectivity index (χ0v) is 11.0. The summed E-state index contributed by atoms with van der Waals surface area (Å²) < 4.78 is 5.33. The van der Waals surface area contributed by atoms with E-state index >= 15 is 0 Å². The normalized spacial score (nSPS) is 11.3. The zero-order valence-electron chi connectivity index (χ0n) is 11.0. The van der Waals surface area contributed by atoms with E-state index in [-0.39, 0.29) is 19.1 Å². The van der Waals surface area contributed by atoms with Crippen LogP contribution < -0.4 is 5.32 Å². The molecule has 1 amide bonds. The summed E-state index contributed by atoms with van der Waals surface area (Å²) in [6.45, 7) is 4.26. The van der Waals surface area contributed by atoms with Gasteiger partial charge in [-0.2, -0.15) is 0 Å². The lowest BCUT2D eigenvalue weighted by atomic mass is 10.0. The van der Waals surface area contributed by atoms with Crippen LogP contribution in [0, 0.1) is 0 Å². The first-order valence-corrected chi connectivity index (χ1v) is 6.07. The molecular weight excluding hydrogens is 230 g/mol. The van der Waals surface area contributed by atoms with Crippen LogP contribution in [0.25, 0.3) is 0 Å². The third-order valence-electron chi connectivity index (χ3n) is 2.56. The Morgan fingerprint density at radius 1 is 1.33 bits per heavy atom. The SMILES string of the molecule is CC(C)(CCO)NC(=O)COCc1ccccc1. The predicted octanol–water partition coefficient (Wildman–Crippen LogP) is 1.48. The van der Waals surface area contributed by atoms with Gasteiger partial charge in [0, 0.05) is 12.1 Å². The molecule has 1 aromatic carbocycles. The molecule has 4 heteroatoms. The fraction of sp³-hybridized carbons (Fsp3) is 0.500.